The molecule has 0 radical (unpaired) electrons. The second kappa shape index (κ2) is 6.25. The first-order valence-electron chi connectivity index (χ1n) is 6.88. The Hall–Kier alpha value is -2.25. The van der Waals surface area contributed by atoms with Gasteiger partial charge in [0.15, 0.2) is 0 Å². The van der Waals surface area contributed by atoms with Crippen LogP contribution in [-0.2, 0) is 13.6 Å². The molecule has 0 fully saturated rings. The maximum atomic E-state index is 12.7. The molecule has 22 heavy (non-hydrogen) atoms. The topological polar surface area (TPSA) is 71.2 Å². The Morgan fingerprint density at radius 2 is 2.27 bits per heavy atom. The minimum absolute atomic E-state index is 0.0844. The van der Waals surface area contributed by atoms with Gasteiger partial charge in [-0.25, -0.2) is 9.97 Å². The average molecular weight is 316 g/mol. The van der Waals surface area contributed by atoms with Gasteiger partial charge in [0, 0.05) is 31.5 Å². The minimum Gasteiger partial charge on any atom is -0.395 e. The molecule has 1 amide bonds. The summed E-state index contributed by atoms with van der Waals surface area (Å²) in [7, 11) is 1.88. The van der Waals surface area contributed by atoms with Gasteiger partial charge in [0.05, 0.1) is 28.9 Å². The van der Waals surface area contributed by atoms with Crippen LogP contribution in [0.5, 0.6) is 0 Å². The number of aliphatic hydroxyl groups is 1. The standard InChI is InChI=1S/C15H16N4O2S/c1-18-5-4-16-14(18)9-19(6-7-20)15(21)11-2-3-12-13(8-11)22-10-17-12/h2-5,8,10,20H,6-7,9H2,1H3. The van der Waals surface area contributed by atoms with Crippen LogP contribution in [0.1, 0.15) is 16.2 Å². The summed E-state index contributed by atoms with van der Waals surface area (Å²) in [5.41, 5.74) is 3.25. The lowest BCUT2D eigenvalue weighted by Crippen LogP contribution is -2.34. The Balaban J connectivity index is 1.86. The van der Waals surface area contributed by atoms with Gasteiger partial charge in [0.2, 0.25) is 0 Å². The van der Waals surface area contributed by atoms with Crippen molar-refractivity contribution in [2.24, 2.45) is 7.05 Å². The number of aryl methyl sites for hydroxylation is 1. The molecule has 0 saturated heterocycles. The van der Waals surface area contributed by atoms with Crippen LogP contribution in [0.3, 0.4) is 0 Å². The zero-order valence-corrected chi connectivity index (χ0v) is 13.0. The predicted molar refractivity (Wildman–Crippen MR) is 84.7 cm³/mol. The molecule has 0 saturated carbocycles. The van der Waals surface area contributed by atoms with Crippen molar-refractivity contribution in [1.29, 1.82) is 0 Å². The van der Waals surface area contributed by atoms with Crippen molar-refractivity contribution in [2.75, 3.05) is 13.2 Å². The molecule has 114 valence electrons. The van der Waals surface area contributed by atoms with Crippen molar-refractivity contribution in [2.45, 2.75) is 6.54 Å². The second-order valence-corrected chi connectivity index (χ2v) is 5.83. The Labute approximate surface area is 131 Å². The first-order valence-corrected chi connectivity index (χ1v) is 7.76. The molecule has 0 atom stereocenters. The third kappa shape index (κ3) is 2.86. The van der Waals surface area contributed by atoms with Crippen molar-refractivity contribution in [3.8, 4) is 0 Å². The van der Waals surface area contributed by atoms with E-state index in [0.29, 0.717) is 12.1 Å². The number of thiazole rings is 1. The molecule has 2 heterocycles. The first kappa shape index (κ1) is 14.7. The number of carbonyl (C=O) groups excluding carboxylic acids is 1. The van der Waals surface area contributed by atoms with Crippen LogP contribution < -0.4 is 0 Å². The zero-order chi connectivity index (χ0) is 15.5. The van der Waals surface area contributed by atoms with E-state index in [0.717, 1.165) is 16.0 Å². The highest BCUT2D eigenvalue weighted by molar-refractivity contribution is 7.16. The van der Waals surface area contributed by atoms with Gasteiger partial charge in [-0.15, -0.1) is 11.3 Å². The largest absolute Gasteiger partial charge is 0.395 e. The van der Waals surface area contributed by atoms with E-state index in [-0.39, 0.29) is 19.1 Å². The third-order valence-corrected chi connectivity index (χ3v) is 4.28. The van der Waals surface area contributed by atoms with E-state index in [1.807, 2.05) is 29.9 Å². The molecule has 0 unspecified atom stereocenters. The normalized spacial score (nSPS) is 11.0. The molecular weight excluding hydrogens is 300 g/mol. The number of carbonyl (C=O) groups is 1. The summed E-state index contributed by atoms with van der Waals surface area (Å²) in [6.07, 6.45) is 3.53. The van der Waals surface area contributed by atoms with Crippen LogP contribution in [0, 0.1) is 0 Å². The Kier molecular flexibility index (Phi) is 4.17. The molecule has 0 bridgehead atoms. The van der Waals surface area contributed by atoms with Crippen molar-refractivity contribution < 1.29 is 9.90 Å². The monoisotopic (exact) mass is 316 g/mol. The highest BCUT2D eigenvalue weighted by Crippen LogP contribution is 2.20. The van der Waals surface area contributed by atoms with Gasteiger partial charge in [-0.2, -0.15) is 0 Å². The fraction of sp³-hybridized carbons (Fsp3) is 0.267. The zero-order valence-electron chi connectivity index (χ0n) is 12.1. The maximum absolute atomic E-state index is 12.7. The van der Waals surface area contributed by atoms with E-state index in [1.165, 1.54) is 11.3 Å². The van der Waals surface area contributed by atoms with Crippen LogP contribution in [0.15, 0.2) is 36.1 Å². The molecule has 0 aliphatic heterocycles. The van der Waals surface area contributed by atoms with Gasteiger partial charge in [-0.3, -0.25) is 4.79 Å². The molecule has 6 nitrogen and oxygen atoms in total. The SMILES string of the molecule is Cn1ccnc1CN(CCO)C(=O)c1ccc2ncsc2c1. The van der Waals surface area contributed by atoms with Gasteiger partial charge in [-0.05, 0) is 18.2 Å². The average Bonchev–Trinajstić information content (AvgIpc) is 3.14. The van der Waals surface area contributed by atoms with Crippen molar-refractivity contribution in [3.63, 3.8) is 0 Å². The molecule has 7 heteroatoms. The number of hydrogen-bond donors (Lipinski definition) is 1. The van der Waals surface area contributed by atoms with E-state index in [2.05, 4.69) is 9.97 Å². The molecule has 0 aliphatic carbocycles. The number of aromatic nitrogens is 3. The summed E-state index contributed by atoms with van der Waals surface area (Å²) in [4.78, 5) is 22.7. The number of amides is 1. The van der Waals surface area contributed by atoms with E-state index in [1.54, 1.807) is 22.7 Å². The maximum Gasteiger partial charge on any atom is 0.254 e. The quantitative estimate of drug-likeness (QED) is 0.777. The van der Waals surface area contributed by atoms with Gasteiger partial charge in [0.1, 0.15) is 5.82 Å². The highest BCUT2D eigenvalue weighted by Gasteiger charge is 2.18. The van der Waals surface area contributed by atoms with E-state index < -0.39 is 0 Å². The lowest BCUT2D eigenvalue weighted by Gasteiger charge is -2.21. The van der Waals surface area contributed by atoms with Gasteiger partial charge >= 0.3 is 0 Å². The summed E-state index contributed by atoms with van der Waals surface area (Å²) >= 11 is 1.50. The van der Waals surface area contributed by atoms with Crippen LogP contribution >= 0.6 is 11.3 Å². The first-order chi connectivity index (χ1) is 10.7. The van der Waals surface area contributed by atoms with E-state index in [9.17, 15) is 9.90 Å². The van der Waals surface area contributed by atoms with Gasteiger partial charge in [-0.1, -0.05) is 0 Å². The molecule has 2 aromatic heterocycles. The van der Waals surface area contributed by atoms with Gasteiger partial charge in [0.25, 0.3) is 5.91 Å². The lowest BCUT2D eigenvalue weighted by molar-refractivity contribution is 0.0702. The summed E-state index contributed by atoms with van der Waals surface area (Å²) < 4.78 is 2.84. The number of hydrogen-bond acceptors (Lipinski definition) is 5. The fourth-order valence-corrected chi connectivity index (χ4v) is 2.98. The molecule has 0 aliphatic rings. The number of imidazole rings is 1. The molecule has 1 N–H and O–H groups in total. The number of fused-ring (bicyclic) bond motifs is 1. The summed E-state index contributed by atoms with van der Waals surface area (Å²) in [6.45, 7) is 0.551. The van der Waals surface area contributed by atoms with Crippen molar-refractivity contribution in [3.05, 3.63) is 47.5 Å². The van der Waals surface area contributed by atoms with E-state index in [4.69, 9.17) is 0 Å². The smallest absolute Gasteiger partial charge is 0.254 e. The van der Waals surface area contributed by atoms with Crippen LogP contribution in [0.25, 0.3) is 10.2 Å². The molecule has 0 spiro atoms. The van der Waals surface area contributed by atoms with E-state index >= 15 is 0 Å². The summed E-state index contributed by atoms with van der Waals surface area (Å²) in [5.74, 6) is 0.660. The summed E-state index contributed by atoms with van der Waals surface area (Å²) in [5, 5.41) is 9.24. The highest BCUT2D eigenvalue weighted by atomic mass is 32.1. The molecule has 1 aromatic carbocycles. The van der Waals surface area contributed by atoms with Gasteiger partial charge < -0.3 is 14.6 Å². The number of rotatable bonds is 5. The Morgan fingerprint density at radius 3 is 3.00 bits per heavy atom. The van der Waals surface area contributed by atoms with Crippen molar-refractivity contribution in [1.82, 2.24) is 19.4 Å². The molecule has 3 rings (SSSR count). The molecular formula is C15H16N4O2S. The summed E-state index contributed by atoms with van der Waals surface area (Å²) in [6, 6.07) is 5.46. The van der Waals surface area contributed by atoms with Crippen LogP contribution in [-0.4, -0.2) is 43.6 Å². The fourth-order valence-electron chi connectivity index (χ4n) is 2.26. The second-order valence-electron chi connectivity index (χ2n) is 4.94. The van der Waals surface area contributed by atoms with Crippen molar-refractivity contribution >= 4 is 27.5 Å². The predicted octanol–water partition coefficient (Wildman–Crippen LogP) is 1.66. The number of nitrogens with zero attached hydrogens (tertiary/aromatic N) is 4. The number of aliphatic hydroxyl groups excluding tert-OH is 1. The third-order valence-electron chi connectivity index (χ3n) is 3.49. The van der Waals surface area contributed by atoms with Crippen LogP contribution in [0.4, 0.5) is 0 Å². The number of benzene rings is 1. The Morgan fingerprint density at radius 1 is 1.41 bits per heavy atom. The van der Waals surface area contributed by atoms with Crippen LogP contribution in [0.2, 0.25) is 0 Å². The Bertz CT molecular complexity index is 796. The lowest BCUT2D eigenvalue weighted by atomic mass is 10.2. The molecule has 3 aromatic rings. The minimum atomic E-state index is -0.118.